The van der Waals surface area contributed by atoms with Crippen LogP contribution in [0.3, 0.4) is 0 Å². The van der Waals surface area contributed by atoms with Crippen LogP contribution < -0.4 is 10.6 Å². The van der Waals surface area contributed by atoms with Crippen LogP contribution in [0.1, 0.15) is 12.1 Å². The summed E-state index contributed by atoms with van der Waals surface area (Å²) in [6.45, 7) is 6.10. The third-order valence-corrected chi connectivity index (χ3v) is 4.87. The molecule has 0 bridgehead atoms. The van der Waals surface area contributed by atoms with E-state index in [0.717, 1.165) is 62.1 Å². The number of nitrogens with one attached hydrogen (secondary N) is 2. The minimum absolute atomic E-state index is 0. The molecule has 2 aromatic rings. The van der Waals surface area contributed by atoms with E-state index >= 15 is 0 Å². The quantitative estimate of drug-likeness (QED) is 0.674. The number of halogens is 2. The van der Waals surface area contributed by atoms with E-state index in [2.05, 4.69) is 25.5 Å². The molecule has 26 heavy (non-hydrogen) atoms. The van der Waals surface area contributed by atoms with Gasteiger partial charge in [-0.3, -0.25) is 9.78 Å². The van der Waals surface area contributed by atoms with E-state index in [1.807, 2.05) is 23.6 Å². The molecule has 1 saturated heterocycles. The lowest BCUT2D eigenvalue weighted by Crippen LogP contribution is -2.44. The molecule has 0 aliphatic carbocycles. The van der Waals surface area contributed by atoms with Gasteiger partial charge in [0.15, 0.2) is 0 Å². The average Bonchev–Trinajstić information content (AvgIpc) is 3.09. The van der Waals surface area contributed by atoms with E-state index in [1.54, 1.807) is 6.20 Å². The van der Waals surface area contributed by atoms with Gasteiger partial charge in [-0.05, 0) is 25.1 Å². The summed E-state index contributed by atoms with van der Waals surface area (Å²) >= 11 is 1.53. The number of nitrogens with zero attached hydrogens (tertiary/aromatic N) is 3. The summed E-state index contributed by atoms with van der Waals surface area (Å²) < 4.78 is 0. The molecule has 0 saturated carbocycles. The molecule has 0 spiro atoms. The van der Waals surface area contributed by atoms with Gasteiger partial charge >= 0.3 is 0 Å². The molecule has 0 atom stereocenters. The minimum atomic E-state index is 0. The molecule has 1 fully saturated rings. The van der Waals surface area contributed by atoms with E-state index in [1.165, 1.54) is 11.3 Å². The molecule has 2 N–H and O–H groups in total. The van der Waals surface area contributed by atoms with Gasteiger partial charge in [-0.15, -0.1) is 36.2 Å². The van der Waals surface area contributed by atoms with E-state index < -0.39 is 0 Å². The minimum Gasteiger partial charge on any atom is -0.356 e. The van der Waals surface area contributed by atoms with Crippen LogP contribution in [0, 0.1) is 0 Å². The van der Waals surface area contributed by atoms with Gasteiger partial charge in [0.05, 0.1) is 17.8 Å². The van der Waals surface area contributed by atoms with Gasteiger partial charge in [-0.2, -0.15) is 0 Å². The molecule has 3 heterocycles. The number of carbonyl (C=O) groups excluding carboxylic acids is 1. The van der Waals surface area contributed by atoms with Gasteiger partial charge in [0, 0.05) is 44.3 Å². The maximum Gasteiger partial charge on any atom is 0.226 e. The van der Waals surface area contributed by atoms with Crippen molar-refractivity contribution in [1.29, 1.82) is 0 Å². The van der Waals surface area contributed by atoms with Gasteiger partial charge in [-0.1, -0.05) is 6.07 Å². The zero-order valence-corrected chi connectivity index (χ0v) is 17.0. The zero-order chi connectivity index (χ0) is 16.6. The Balaban J connectivity index is 0.00000169. The van der Waals surface area contributed by atoms with Crippen molar-refractivity contribution in [2.75, 3.05) is 39.3 Å². The first-order valence-electron chi connectivity index (χ1n) is 8.37. The molecule has 0 aromatic carbocycles. The van der Waals surface area contributed by atoms with Gasteiger partial charge in [0.1, 0.15) is 5.01 Å². The van der Waals surface area contributed by atoms with Crippen LogP contribution in [0.2, 0.25) is 0 Å². The number of amides is 1. The second kappa shape index (κ2) is 12.2. The molecule has 1 aliphatic heterocycles. The molecule has 0 unspecified atom stereocenters. The predicted octanol–water partition coefficient (Wildman–Crippen LogP) is 2.00. The van der Waals surface area contributed by atoms with E-state index in [-0.39, 0.29) is 30.7 Å². The molecule has 3 rings (SSSR count). The van der Waals surface area contributed by atoms with Gasteiger partial charge in [0.2, 0.25) is 5.91 Å². The van der Waals surface area contributed by atoms with Gasteiger partial charge < -0.3 is 15.5 Å². The summed E-state index contributed by atoms with van der Waals surface area (Å²) in [5.41, 5.74) is 1.66. The van der Waals surface area contributed by atoms with Crippen molar-refractivity contribution in [3.63, 3.8) is 0 Å². The molecule has 144 valence electrons. The van der Waals surface area contributed by atoms with Crippen molar-refractivity contribution in [3.05, 3.63) is 35.5 Å². The predicted molar refractivity (Wildman–Crippen MR) is 110 cm³/mol. The third kappa shape index (κ3) is 7.17. The molecule has 9 heteroatoms. The van der Waals surface area contributed by atoms with E-state index in [0.29, 0.717) is 6.42 Å². The Morgan fingerprint density at radius 3 is 2.81 bits per heavy atom. The SMILES string of the molecule is Cl.Cl.O=C(Cc1csc(-c2ccccn2)n1)NCCCN1CCNCC1. The summed E-state index contributed by atoms with van der Waals surface area (Å²) in [6, 6.07) is 5.75. The van der Waals surface area contributed by atoms with Gasteiger partial charge in [-0.25, -0.2) is 4.98 Å². The number of thiazole rings is 1. The van der Waals surface area contributed by atoms with Crippen LogP contribution >= 0.6 is 36.2 Å². The zero-order valence-electron chi connectivity index (χ0n) is 14.5. The van der Waals surface area contributed by atoms with Crippen molar-refractivity contribution in [2.45, 2.75) is 12.8 Å². The molecule has 6 nitrogen and oxygen atoms in total. The van der Waals surface area contributed by atoms with Crippen molar-refractivity contribution < 1.29 is 4.79 Å². The fourth-order valence-electron chi connectivity index (χ4n) is 2.69. The average molecular weight is 418 g/mol. The Bertz CT molecular complexity index is 650. The standard InChI is InChI=1S/C17H23N5OS.2ClH/c23-16(20-6-3-9-22-10-7-18-8-11-22)12-14-13-24-17(21-14)15-4-1-2-5-19-15;;/h1-2,4-5,13,18H,3,6-12H2,(H,20,23);2*1H. The van der Waals surface area contributed by atoms with E-state index in [9.17, 15) is 4.79 Å². The lowest BCUT2D eigenvalue weighted by Gasteiger charge is -2.27. The Labute approximate surface area is 170 Å². The van der Waals surface area contributed by atoms with Crippen molar-refractivity contribution in [1.82, 2.24) is 25.5 Å². The van der Waals surface area contributed by atoms with Crippen LogP contribution in [0.4, 0.5) is 0 Å². The first-order chi connectivity index (χ1) is 11.8. The molecule has 1 aliphatic rings. The Morgan fingerprint density at radius 1 is 1.27 bits per heavy atom. The van der Waals surface area contributed by atoms with Crippen LogP contribution in [-0.2, 0) is 11.2 Å². The summed E-state index contributed by atoms with van der Waals surface area (Å²) in [5, 5.41) is 9.12. The topological polar surface area (TPSA) is 70.2 Å². The maximum absolute atomic E-state index is 12.0. The highest BCUT2D eigenvalue weighted by Gasteiger charge is 2.11. The van der Waals surface area contributed by atoms with Crippen LogP contribution in [-0.4, -0.2) is 60.0 Å². The van der Waals surface area contributed by atoms with Crippen LogP contribution in [0.5, 0.6) is 0 Å². The van der Waals surface area contributed by atoms with Crippen molar-refractivity contribution in [2.24, 2.45) is 0 Å². The summed E-state index contributed by atoms with van der Waals surface area (Å²) in [6.07, 6.45) is 3.07. The highest BCUT2D eigenvalue weighted by Crippen LogP contribution is 2.21. The fourth-order valence-corrected chi connectivity index (χ4v) is 3.48. The Morgan fingerprint density at radius 2 is 2.08 bits per heavy atom. The number of aromatic nitrogens is 2. The fraction of sp³-hybridized carbons (Fsp3) is 0.471. The second-order valence-electron chi connectivity index (χ2n) is 5.83. The van der Waals surface area contributed by atoms with Gasteiger partial charge in [0.25, 0.3) is 0 Å². The molecule has 2 aromatic heterocycles. The number of carbonyl (C=O) groups is 1. The number of piperazine rings is 1. The number of hydrogen-bond acceptors (Lipinski definition) is 6. The van der Waals surface area contributed by atoms with Crippen molar-refractivity contribution >= 4 is 42.1 Å². The maximum atomic E-state index is 12.0. The molecular formula is C17H25Cl2N5OS. The van der Waals surface area contributed by atoms with Crippen LogP contribution in [0.15, 0.2) is 29.8 Å². The molecule has 0 radical (unpaired) electrons. The molecular weight excluding hydrogens is 393 g/mol. The number of hydrogen-bond donors (Lipinski definition) is 2. The summed E-state index contributed by atoms with van der Waals surface area (Å²) in [4.78, 5) is 23.2. The lowest BCUT2D eigenvalue weighted by molar-refractivity contribution is -0.120. The lowest BCUT2D eigenvalue weighted by atomic mass is 10.3. The first-order valence-corrected chi connectivity index (χ1v) is 9.25. The normalized spacial score (nSPS) is 14.2. The van der Waals surface area contributed by atoms with Crippen molar-refractivity contribution in [3.8, 4) is 10.7 Å². The monoisotopic (exact) mass is 417 g/mol. The first kappa shape index (κ1) is 22.8. The van der Waals surface area contributed by atoms with E-state index in [4.69, 9.17) is 0 Å². The number of pyridine rings is 1. The third-order valence-electron chi connectivity index (χ3n) is 3.96. The highest BCUT2D eigenvalue weighted by atomic mass is 35.5. The number of rotatable bonds is 7. The van der Waals surface area contributed by atoms with Crippen LogP contribution in [0.25, 0.3) is 10.7 Å². The molecule has 1 amide bonds. The summed E-state index contributed by atoms with van der Waals surface area (Å²) in [7, 11) is 0. The smallest absolute Gasteiger partial charge is 0.226 e. The Hall–Kier alpha value is -1.25. The Kier molecular flexibility index (Phi) is 10.7. The summed E-state index contributed by atoms with van der Waals surface area (Å²) in [5.74, 6) is 0.0354. The second-order valence-corrected chi connectivity index (χ2v) is 6.69. The largest absolute Gasteiger partial charge is 0.356 e. The highest BCUT2D eigenvalue weighted by molar-refractivity contribution is 7.13.